The molecule has 0 bridgehead atoms. The summed E-state index contributed by atoms with van der Waals surface area (Å²) < 4.78 is 0. The lowest BCUT2D eigenvalue weighted by atomic mass is 9.95. The molecule has 0 saturated carbocycles. The van der Waals surface area contributed by atoms with Gasteiger partial charge in [0.25, 0.3) is 5.69 Å². The maximum Gasteiger partial charge on any atom is 0.272 e. The molecule has 1 aliphatic heterocycles. The normalized spacial score (nSPS) is 20.2. The van der Waals surface area contributed by atoms with Crippen LogP contribution in [0.15, 0.2) is 18.2 Å². The van der Waals surface area contributed by atoms with Crippen LogP contribution in [-0.2, 0) is 13.0 Å². The SMILES string of the molecule is CC1Cc2c(cccc2[N+](=O)[O-])CN1. The molecule has 1 aromatic carbocycles. The summed E-state index contributed by atoms with van der Waals surface area (Å²) in [7, 11) is 0. The molecule has 1 unspecified atom stereocenters. The first kappa shape index (κ1) is 9.15. The van der Waals surface area contributed by atoms with E-state index in [-0.39, 0.29) is 10.6 Å². The minimum absolute atomic E-state index is 0.260. The fourth-order valence-corrected chi connectivity index (χ4v) is 1.86. The van der Waals surface area contributed by atoms with Crippen LogP contribution < -0.4 is 5.32 Å². The second-order valence-electron chi connectivity index (χ2n) is 3.66. The minimum Gasteiger partial charge on any atom is -0.310 e. The first-order valence-electron chi connectivity index (χ1n) is 4.67. The first-order valence-corrected chi connectivity index (χ1v) is 4.67. The van der Waals surface area contributed by atoms with Crippen LogP contribution in [0.2, 0.25) is 0 Å². The van der Waals surface area contributed by atoms with E-state index >= 15 is 0 Å². The number of fused-ring (bicyclic) bond motifs is 1. The van der Waals surface area contributed by atoms with Crippen LogP contribution >= 0.6 is 0 Å². The van der Waals surface area contributed by atoms with Crippen molar-refractivity contribution in [2.45, 2.75) is 25.9 Å². The quantitative estimate of drug-likeness (QED) is 0.543. The Morgan fingerprint density at radius 3 is 3.07 bits per heavy atom. The molecule has 0 aromatic heterocycles. The zero-order valence-corrected chi connectivity index (χ0v) is 7.99. The zero-order chi connectivity index (χ0) is 10.1. The summed E-state index contributed by atoms with van der Waals surface area (Å²) in [6.45, 7) is 2.78. The molecule has 1 atom stereocenters. The van der Waals surface area contributed by atoms with Crippen LogP contribution in [-0.4, -0.2) is 11.0 Å². The number of nitrogens with one attached hydrogen (secondary N) is 1. The summed E-state index contributed by atoms with van der Waals surface area (Å²) in [4.78, 5) is 10.5. The van der Waals surface area contributed by atoms with Crippen molar-refractivity contribution in [3.63, 3.8) is 0 Å². The van der Waals surface area contributed by atoms with Crippen molar-refractivity contribution in [3.8, 4) is 0 Å². The van der Waals surface area contributed by atoms with Crippen LogP contribution in [0, 0.1) is 10.1 Å². The fraction of sp³-hybridized carbons (Fsp3) is 0.400. The molecular weight excluding hydrogens is 180 g/mol. The van der Waals surface area contributed by atoms with Crippen molar-refractivity contribution in [2.24, 2.45) is 0 Å². The molecule has 74 valence electrons. The van der Waals surface area contributed by atoms with Gasteiger partial charge in [0.05, 0.1) is 4.92 Å². The van der Waals surface area contributed by atoms with Crippen molar-refractivity contribution >= 4 is 5.69 Å². The Balaban J connectivity index is 2.48. The van der Waals surface area contributed by atoms with Gasteiger partial charge in [0, 0.05) is 24.2 Å². The summed E-state index contributed by atoms with van der Waals surface area (Å²) in [6.07, 6.45) is 0.743. The summed E-state index contributed by atoms with van der Waals surface area (Å²) in [6, 6.07) is 5.59. The van der Waals surface area contributed by atoms with Gasteiger partial charge < -0.3 is 5.32 Å². The van der Waals surface area contributed by atoms with Gasteiger partial charge in [0.15, 0.2) is 0 Å². The van der Waals surface area contributed by atoms with Crippen LogP contribution in [0.1, 0.15) is 18.1 Å². The number of hydrogen-bond donors (Lipinski definition) is 1. The maximum absolute atomic E-state index is 10.8. The van der Waals surface area contributed by atoms with Gasteiger partial charge in [-0.2, -0.15) is 0 Å². The van der Waals surface area contributed by atoms with E-state index in [0.717, 1.165) is 24.1 Å². The van der Waals surface area contributed by atoms with E-state index in [4.69, 9.17) is 0 Å². The van der Waals surface area contributed by atoms with E-state index in [0.29, 0.717) is 6.04 Å². The van der Waals surface area contributed by atoms with Crippen LogP contribution in [0.5, 0.6) is 0 Å². The van der Waals surface area contributed by atoms with Gasteiger partial charge in [-0.1, -0.05) is 12.1 Å². The second-order valence-corrected chi connectivity index (χ2v) is 3.66. The largest absolute Gasteiger partial charge is 0.310 e. The average molecular weight is 192 g/mol. The molecule has 2 rings (SSSR count). The molecule has 1 aromatic rings. The van der Waals surface area contributed by atoms with Crippen molar-refractivity contribution in [3.05, 3.63) is 39.4 Å². The van der Waals surface area contributed by atoms with Crippen LogP contribution in [0.3, 0.4) is 0 Å². The van der Waals surface area contributed by atoms with Gasteiger partial charge in [0.2, 0.25) is 0 Å². The number of hydrogen-bond acceptors (Lipinski definition) is 3. The molecule has 0 amide bonds. The highest BCUT2D eigenvalue weighted by atomic mass is 16.6. The summed E-state index contributed by atoms with van der Waals surface area (Å²) in [5, 5.41) is 14.0. The van der Waals surface area contributed by atoms with E-state index in [1.807, 2.05) is 13.0 Å². The highest BCUT2D eigenvalue weighted by Crippen LogP contribution is 2.26. The smallest absolute Gasteiger partial charge is 0.272 e. The Bertz CT molecular complexity index is 376. The molecular formula is C10H12N2O2. The van der Waals surface area contributed by atoms with Gasteiger partial charge in [-0.15, -0.1) is 0 Å². The molecule has 0 fully saturated rings. The number of nitro benzene ring substituents is 1. The van der Waals surface area contributed by atoms with Crippen molar-refractivity contribution in [2.75, 3.05) is 0 Å². The summed E-state index contributed by atoms with van der Waals surface area (Å²) in [5.41, 5.74) is 2.21. The standard InChI is InChI=1S/C10H12N2O2/c1-7-5-9-8(6-11-7)3-2-4-10(9)12(13)14/h2-4,7,11H,5-6H2,1H3. The third-order valence-corrected chi connectivity index (χ3v) is 2.60. The average Bonchev–Trinajstić information content (AvgIpc) is 2.16. The number of benzene rings is 1. The molecule has 4 heteroatoms. The maximum atomic E-state index is 10.8. The Labute approximate surface area is 82.1 Å². The van der Waals surface area contributed by atoms with Crippen LogP contribution in [0.25, 0.3) is 0 Å². The van der Waals surface area contributed by atoms with E-state index in [1.54, 1.807) is 12.1 Å². The molecule has 4 nitrogen and oxygen atoms in total. The third kappa shape index (κ3) is 1.48. The number of nitro groups is 1. The van der Waals surface area contributed by atoms with E-state index in [9.17, 15) is 10.1 Å². The second kappa shape index (κ2) is 3.38. The molecule has 1 heterocycles. The molecule has 0 radical (unpaired) electrons. The van der Waals surface area contributed by atoms with Crippen LogP contribution in [0.4, 0.5) is 5.69 Å². The fourth-order valence-electron chi connectivity index (χ4n) is 1.86. The van der Waals surface area contributed by atoms with Crippen molar-refractivity contribution < 1.29 is 4.92 Å². The van der Waals surface area contributed by atoms with E-state index < -0.39 is 0 Å². The lowest BCUT2D eigenvalue weighted by Gasteiger charge is -2.22. The molecule has 1 aliphatic rings. The van der Waals surface area contributed by atoms with Crippen molar-refractivity contribution in [1.29, 1.82) is 0 Å². The number of rotatable bonds is 1. The Morgan fingerprint density at radius 1 is 1.57 bits per heavy atom. The lowest BCUT2D eigenvalue weighted by molar-refractivity contribution is -0.385. The van der Waals surface area contributed by atoms with Gasteiger partial charge in [-0.3, -0.25) is 10.1 Å². The predicted octanol–water partition coefficient (Wildman–Crippen LogP) is 1.63. The molecule has 0 saturated heterocycles. The first-order chi connectivity index (χ1) is 6.68. The number of nitrogens with zero attached hydrogens (tertiary/aromatic N) is 1. The highest BCUT2D eigenvalue weighted by molar-refractivity contribution is 5.47. The van der Waals surface area contributed by atoms with Gasteiger partial charge in [-0.25, -0.2) is 0 Å². The minimum atomic E-state index is -0.295. The molecule has 0 spiro atoms. The molecule has 1 N–H and O–H groups in total. The molecule has 0 aliphatic carbocycles. The topological polar surface area (TPSA) is 55.2 Å². The summed E-state index contributed by atoms with van der Waals surface area (Å²) >= 11 is 0. The zero-order valence-electron chi connectivity index (χ0n) is 7.99. The Kier molecular flexibility index (Phi) is 2.21. The van der Waals surface area contributed by atoms with E-state index in [2.05, 4.69) is 5.32 Å². The Morgan fingerprint density at radius 2 is 2.36 bits per heavy atom. The van der Waals surface area contributed by atoms with Crippen molar-refractivity contribution in [1.82, 2.24) is 5.32 Å². The summed E-state index contributed by atoms with van der Waals surface area (Å²) in [5.74, 6) is 0. The van der Waals surface area contributed by atoms with Gasteiger partial charge in [0.1, 0.15) is 0 Å². The molecule has 14 heavy (non-hydrogen) atoms. The highest BCUT2D eigenvalue weighted by Gasteiger charge is 2.22. The van der Waals surface area contributed by atoms with Gasteiger partial charge in [-0.05, 0) is 18.9 Å². The predicted molar refractivity (Wildman–Crippen MR) is 53.1 cm³/mol. The van der Waals surface area contributed by atoms with E-state index in [1.165, 1.54) is 0 Å². The lowest BCUT2D eigenvalue weighted by Crippen LogP contribution is -2.33. The third-order valence-electron chi connectivity index (χ3n) is 2.60. The Hall–Kier alpha value is -1.42. The van der Waals surface area contributed by atoms with Gasteiger partial charge >= 0.3 is 0 Å². The monoisotopic (exact) mass is 192 g/mol.